The van der Waals surface area contributed by atoms with Crippen molar-refractivity contribution in [2.75, 3.05) is 6.54 Å². The van der Waals surface area contributed by atoms with Crippen LogP contribution < -0.4 is 10.6 Å². The van der Waals surface area contributed by atoms with E-state index in [1.807, 2.05) is 40.0 Å². The third kappa shape index (κ3) is 6.99. The van der Waals surface area contributed by atoms with Crippen LogP contribution in [0.5, 0.6) is 0 Å². The largest absolute Gasteiger partial charge is 0.444 e. The first-order chi connectivity index (χ1) is 10.5. The number of carbonyl (C=O) groups excluding carboxylic acids is 1. The van der Waals surface area contributed by atoms with Gasteiger partial charge in [-0.15, -0.1) is 0 Å². The zero-order valence-electron chi connectivity index (χ0n) is 15.5. The van der Waals surface area contributed by atoms with Crippen molar-refractivity contribution in [3.05, 3.63) is 29.6 Å². The Bertz CT molecular complexity index is 506. The first kappa shape index (κ1) is 19.4. The highest BCUT2D eigenvalue weighted by Gasteiger charge is 2.29. The van der Waals surface area contributed by atoms with E-state index in [4.69, 9.17) is 4.74 Å². The van der Waals surface area contributed by atoms with Crippen LogP contribution in [0.1, 0.15) is 52.8 Å². The van der Waals surface area contributed by atoms with Gasteiger partial charge in [-0.25, -0.2) is 4.79 Å². The molecule has 2 N–H and O–H groups in total. The second kappa shape index (κ2) is 7.77. The summed E-state index contributed by atoms with van der Waals surface area (Å²) < 4.78 is 5.30. The number of nitrogens with one attached hydrogen (secondary N) is 2. The monoisotopic (exact) mass is 321 g/mol. The molecule has 5 nitrogen and oxygen atoms in total. The highest BCUT2D eigenvalue weighted by atomic mass is 16.6. The van der Waals surface area contributed by atoms with Crippen LogP contribution in [0, 0.1) is 12.8 Å². The van der Waals surface area contributed by atoms with E-state index in [1.54, 1.807) is 0 Å². The number of aromatic nitrogens is 1. The number of aryl methyl sites for hydroxylation is 1. The average molecular weight is 321 g/mol. The fourth-order valence-corrected chi connectivity index (χ4v) is 1.95. The zero-order valence-corrected chi connectivity index (χ0v) is 15.5. The summed E-state index contributed by atoms with van der Waals surface area (Å²) in [5, 5.41) is 6.41. The summed E-state index contributed by atoms with van der Waals surface area (Å²) in [5.41, 5.74) is 1.41. The summed E-state index contributed by atoms with van der Waals surface area (Å²) in [6.07, 6.45) is 1.49. The van der Waals surface area contributed by atoms with Gasteiger partial charge in [-0.05, 0) is 52.2 Å². The topological polar surface area (TPSA) is 63.2 Å². The number of ether oxygens (including phenoxy) is 1. The highest BCUT2D eigenvalue weighted by Crippen LogP contribution is 2.17. The smallest absolute Gasteiger partial charge is 0.407 e. The molecule has 1 amide bonds. The van der Waals surface area contributed by atoms with Crippen LogP contribution in [0.15, 0.2) is 18.3 Å². The molecule has 1 aromatic heterocycles. The Labute approximate surface area is 140 Å². The van der Waals surface area contributed by atoms with Gasteiger partial charge in [0.1, 0.15) is 5.60 Å². The van der Waals surface area contributed by atoms with Crippen LogP contribution in [-0.2, 0) is 11.3 Å². The number of pyridine rings is 1. The molecule has 23 heavy (non-hydrogen) atoms. The molecule has 0 radical (unpaired) electrons. The Hall–Kier alpha value is -1.62. The molecule has 0 aliphatic carbocycles. The number of hydrogen-bond donors (Lipinski definition) is 2. The summed E-state index contributed by atoms with van der Waals surface area (Å²) >= 11 is 0. The molecule has 0 bridgehead atoms. The molecule has 0 spiro atoms. The van der Waals surface area contributed by atoms with Crippen LogP contribution in [0.4, 0.5) is 4.79 Å². The number of alkyl carbamates (subject to hydrolysis) is 1. The Balaban J connectivity index is 2.60. The van der Waals surface area contributed by atoms with E-state index in [9.17, 15) is 4.79 Å². The van der Waals surface area contributed by atoms with Gasteiger partial charge in [-0.3, -0.25) is 4.98 Å². The van der Waals surface area contributed by atoms with E-state index in [2.05, 4.69) is 42.5 Å². The maximum Gasteiger partial charge on any atom is 0.407 e. The minimum atomic E-state index is -0.487. The standard InChI is InChI=1S/C18H31N3O2/c1-13(2)18(7,12-20-16(22)23-17(4,5)6)21-11-15-9-8-14(3)19-10-15/h8-10,13,21H,11-12H2,1-7H3,(H,20,22). The predicted octanol–water partition coefficient (Wildman–Crippen LogP) is 3.42. The van der Waals surface area contributed by atoms with Crippen LogP contribution in [0.3, 0.4) is 0 Å². The van der Waals surface area contributed by atoms with Crippen LogP contribution in [0.2, 0.25) is 0 Å². The van der Waals surface area contributed by atoms with Gasteiger partial charge in [-0.2, -0.15) is 0 Å². The van der Waals surface area contributed by atoms with Crippen molar-refractivity contribution in [3.63, 3.8) is 0 Å². The van der Waals surface area contributed by atoms with Crippen molar-refractivity contribution in [1.29, 1.82) is 0 Å². The number of amides is 1. The van der Waals surface area contributed by atoms with Crippen LogP contribution >= 0.6 is 0 Å². The van der Waals surface area contributed by atoms with Gasteiger partial charge < -0.3 is 15.4 Å². The Morgan fingerprint density at radius 2 is 1.91 bits per heavy atom. The Morgan fingerprint density at radius 1 is 1.26 bits per heavy atom. The van der Waals surface area contributed by atoms with Crippen molar-refractivity contribution < 1.29 is 9.53 Å². The minimum Gasteiger partial charge on any atom is -0.444 e. The fourth-order valence-electron chi connectivity index (χ4n) is 1.95. The summed E-state index contributed by atoms with van der Waals surface area (Å²) in [6, 6.07) is 4.07. The average Bonchev–Trinajstić information content (AvgIpc) is 2.42. The van der Waals surface area contributed by atoms with Crippen molar-refractivity contribution in [2.45, 2.75) is 66.2 Å². The number of rotatable bonds is 6. The molecule has 1 heterocycles. The Kier molecular flexibility index (Phi) is 6.57. The van der Waals surface area contributed by atoms with E-state index in [1.165, 1.54) is 0 Å². The van der Waals surface area contributed by atoms with Gasteiger partial charge in [0.05, 0.1) is 0 Å². The first-order valence-electron chi connectivity index (χ1n) is 8.15. The van der Waals surface area contributed by atoms with Gasteiger partial charge in [0.2, 0.25) is 0 Å². The number of carbonyl (C=O) groups is 1. The molecular weight excluding hydrogens is 290 g/mol. The van der Waals surface area contributed by atoms with Crippen molar-refractivity contribution >= 4 is 6.09 Å². The van der Waals surface area contributed by atoms with Gasteiger partial charge in [0.15, 0.2) is 0 Å². The molecule has 1 rings (SSSR count). The minimum absolute atomic E-state index is 0.234. The summed E-state index contributed by atoms with van der Waals surface area (Å²) in [6.45, 7) is 15.1. The maximum absolute atomic E-state index is 11.9. The van der Waals surface area contributed by atoms with Crippen LogP contribution in [-0.4, -0.2) is 28.8 Å². The quantitative estimate of drug-likeness (QED) is 0.843. The van der Waals surface area contributed by atoms with E-state index in [0.717, 1.165) is 11.3 Å². The predicted molar refractivity (Wildman–Crippen MR) is 93.3 cm³/mol. The molecule has 0 aromatic carbocycles. The number of hydrogen-bond acceptors (Lipinski definition) is 4. The van der Waals surface area contributed by atoms with Gasteiger partial charge in [0, 0.05) is 30.5 Å². The Morgan fingerprint density at radius 3 is 2.39 bits per heavy atom. The lowest BCUT2D eigenvalue weighted by Gasteiger charge is -2.35. The normalized spacial score (nSPS) is 14.4. The fraction of sp³-hybridized carbons (Fsp3) is 0.667. The van der Waals surface area contributed by atoms with Crippen molar-refractivity contribution in [2.24, 2.45) is 5.92 Å². The van der Waals surface area contributed by atoms with Gasteiger partial charge in [0.25, 0.3) is 0 Å². The molecule has 0 aliphatic rings. The molecule has 0 aliphatic heterocycles. The molecule has 0 saturated heterocycles. The second-order valence-electron chi connectivity index (χ2n) is 7.59. The lowest BCUT2D eigenvalue weighted by molar-refractivity contribution is 0.0503. The highest BCUT2D eigenvalue weighted by molar-refractivity contribution is 5.67. The summed E-state index contributed by atoms with van der Waals surface area (Å²) in [5.74, 6) is 0.343. The number of nitrogens with zero attached hydrogens (tertiary/aromatic N) is 1. The maximum atomic E-state index is 11.9. The second-order valence-corrected chi connectivity index (χ2v) is 7.59. The summed E-state index contributed by atoms with van der Waals surface area (Å²) in [4.78, 5) is 16.2. The molecular formula is C18H31N3O2. The van der Waals surface area contributed by atoms with Crippen molar-refractivity contribution in [3.8, 4) is 0 Å². The SMILES string of the molecule is Cc1ccc(CNC(C)(CNC(=O)OC(C)(C)C)C(C)C)cn1. The molecule has 0 saturated carbocycles. The van der Waals surface area contributed by atoms with Gasteiger partial charge >= 0.3 is 6.09 Å². The summed E-state index contributed by atoms with van der Waals surface area (Å²) in [7, 11) is 0. The van der Waals surface area contributed by atoms with E-state index in [-0.39, 0.29) is 11.6 Å². The third-order valence-corrected chi connectivity index (χ3v) is 3.94. The molecule has 130 valence electrons. The van der Waals surface area contributed by atoms with E-state index >= 15 is 0 Å². The molecule has 5 heteroatoms. The lowest BCUT2D eigenvalue weighted by Crippen LogP contribution is -2.55. The molecule has 0 fully saturated rings. The molecule has 1 atom stereocenters. The lowest BCUT2D eigenvalue weighted by atomic mass is 9.88. The first-order valence-corrected chi connectivity index (χ1v) is 8.15. The third-order valence-electron chi connectivity index (χ3n) is 3.94. The van der Waals surface area contributed by atoms with Crippen LogP contribution in [0.25, 0.3) is 0 Å². The van der Waals surface area contributed by atoms with E-state index in [0.29, 0.717) is 19.0 Å². The van der Waals surface area contributed by atoms with Gasteiger partial charge in [-0.1, -0.05) is 19.9 Å². The molecule has 1 aromatic rings. The molecule has 1 unspecified atom stereocenters. The zero-order chi connectivity index (χ0) is 17.7. The van der Waals surface area contributed by atoms with Crippen molar-refractivity contribution in [1.82, 2.24) is 15.6 Å². The van der Waals surface area contributed by atoms with E-state index < -0.39 is 5.60 Å².